The lowest BCUT2D eigenvalue weighted by molar-refractivity contribution is -0.0740. The van der Waals surface area contributed by atoms with Crippen LogP contribution in [0.2, 0.25) is 4.34 Å². The molecule has 6 heteroatoms. The van der Waals surface area contributed by atoms with Crippen molar-refractivity contribution >= 4 is 22.9 Å². The van der Waals surface area contributed by atoms with E-state index in [2.05, 4.69) is 15.2 Å². The second-order valence-corrected chi connectivity index (χ2v) is 6.58. The number of aromatic nitrogens is 1. The maximum Gasteiger partial charge on any atom is 0.114 e. The average molecular weight is 288 g/mol. The van der Waals surface area contributed by atoms with Gasteiger partial charge in [0.05, 0.1) is 24.9 Å². The van der Waals surface area contributed by atoms with E-state index in [1.807, 2.05) is 7.05 Å². The second-order valence-electron chi connectivity index (χ2n) is 4.88. The van der Waals surface area contributed by atoms with E-state index in [0.29, 0.717) is 0 Å². The molecule has 1 saturated heterocycles. The average Bonchev–Trinajstić information content (AvgIpc) is 3.12. The second kappa shape index (κ2) is 5.43. The Morgan fingerprint density at radius 2 is 2.44 bits per heavy atom. The largest absolute Gasteiger partial charge is 0.373 e. The molecule has 2 heterocycles. The van der Waals surface area contributed by atoms with Crippen molar-refractivity contribution in [3.63, 3.8) is 0 Å². The maximum absolute atomic E-state index is 6.03. The number of nitrogens with zero attached hydrogens (tertiary/aromatic N) is 2. The Bertz CT molecular complexity index is 408. The Hall–Kier alpha value is -0.200. The summed E-state index contributed by atoms with van der Waals surface area (Å²) in [5.74, 6) is 0. The number of hydrogen-bond donors (Lipinski definition) is 1. The molecule has 1 aliphatic carbocycles. The van der Waals surface area contributed by atoms with Crippen LogP contribution in [0, 0.1) is 0 Å². The topological polar surface area (TPSA) is 37.4 Å². The third-order valence-corrected chi connectivity index (χ3v) is 4.75. The van der Waals surface area contributed by atoms with Crippen molar-refractivity contribution < 1.29 is 4.74 Å². The van der Waals surface area contributed by atoms with Gasteiger partial charge in [-0.2, -0.15) is 0 Å². The van der Waals surface area contributed by atoms with Crippen molar-refractivity contribution in [3.8, 4) is 0 Å². The fraction of sp³-hybridized carbons (Fsp3) is 0.750. The zero-order valence-corrected chi connectivity index (χ0v) is 12.0. The Morgan fingerprint density at radius 3 is 3.06 bits per heavy atom. The molecule has 0 spiro atoms. The van der Waals surface area contributed by atoms with Gasteiger partial charge in [0.15, 0.2) is 0 Å². The van der Waals surface area contributed by atoms with Crippen molar-refractivity contribution in [2.45, 2.75) is 31.0 Å². The predicted octanol–water partition coefficient (Wildman–Crippen LogP) is 1.92. The van der Waals surface area contributed by atoms with E-state index >= 15 is 0 Å². The fourth-order valence-electron chi connectivity index (χ4n) is 2.65. The number of likely N-dealkylation sites (N-methyl/N-ethyl adjacent to an activating group) is 1. The molecular formula is C12H18ClN3OS. The third kappa shape index (κ3) is 2.56. The number of hydrogen-bond acceptors (Lipinski definition) is 5. The highest BCUT2D eigenvalue weighted by Gasteiger charge is 2.42. The van der Waals surface area contributed by atoms with E-state index in [1.54, 1.807) is 17.5 Å². The van der Waals surface area contributed by atoms with Gasteiger partial charge in [-0.15, -0.1) is 11.3 Å². The molecule has 0 radical (unpaired) electrons. The summed E-state index contributed by atoms with van der Waals surface area (Å²) in [6, 6.07) is 0.983. The molecular weight excluding hydrogens is 270 g/mol. The van der Waals surface area contributed by atoms with Crippen molar-refractivity contribution in [2.24, 2.45) is 0 Å². The van der Waals surface area contributed by atoms with Crippen LogP contribution in [0.5, 0.6) is 0 Å². The normalized spacial score (nSPS) is 29.7. The summed E-state index contributed by atoms with van der Waals surface area (Å²) >= 11 is 7.61. The van der Waals surface area contributed by atoms with Crippen LogP contribution in [0.4, 0.5) is 0 Å². The van der Waals surface area contributed by atoms with E-state index in [0.717, 1.165) is 35.1 Å². The van der Waals surface area contributed by atoms with Crippen LogP contribution < -0.4 is 5.32 Å². The standard InChI is InChI=1S/C12H18ClN3OS/c1-14-6-9-11(12-15-7-10(13)18-12)16(4-5-17-9)8-2-3-8/h7-9,11,14H,2-6H2,1H3. The van der Waals surface area contributed by atoms with Crippen LogP contribution in [0.3, 0.4) is 0 Å². The minimum absolute atomic E-state index is 0.173. The molecule has 0 aromatic carbocycles. The van der Waals surface area contributed by atoms with Crippen molar-refractivity contribution in [2.75, 3.05) is 26.7 Å². The summed E-state index contributed by atoms with van der Waals surface area (Å²) in [7, 11) is 1.96. The van der Waals surface area contributed by atoms with Gasteiger partial charge in [-0.1, -0.05) is 11.6 Å². The lowest BCUT2D eigenvalue weighted by atomic mass is 10.1. The Balaban J connectivity index is 1.85. The molecule has 3 rings (SSSR count). The summed E-state index contributed by atoms with van der Waals surface area (Å²) in [6.45, 7) is 2.68. The van der Waals surface area contributed by atoms with Crippen LogP contribution in [-0.4, -0.2) is 48.8 Å². The van der Waals surface area contributed by atoms with E-state index in [9.17, 15) is 0 Å². The van der Waals surface area contributed by atoms with Crippen LogP contribution in [0.15, 0.2) is 6.20 Å². The third-order valence-electron chi connectivity index (χ3n) is 3.56. The van der Waals surface area contributed by atoms with Crippen molar-refractivity contribution in [3.05, 3.63) is 15.5 Å². The van der Waals surface area contributed by atoms with E-state index in [-0.39, 0.29) is 12.1 Å². The molecule has 1 aromatic rings. The van der Waals surface area contributed by atoms with Gasteiger partial charge in [0.2, 0.25) is 0 Å². The SMILES string of the molecule is CNCC1OCCN(C2CC2)C1c1ncc(Cl)s1. The van der Waals surface area contributed by atoms with E-state index in [4.69, 9.17) is 16.3 Å². The maximum atomic E-state index is 6.03. The van der Waals surface area contributed by atoms with E-state index < -0.39 is 0 Å². The minimum atomic E-state index is 0.173. The minimum Gasteiger partial charge on any atom is -0.373 e. The van der Waals surface area contributed by atoms with Gasteiger partial charge >= 0.3 is 0 Å². The molecule has 2 atom stereocenters. The zero-order chi connectivity index (χ0) is 12.5. The summed E-state index contributed by atoms with van der Waals surface area (Å²) in [5, 5.41) is 4.31. The quantitative estimate of drug-likeness (QED) is 0.918. The van der Waals surface area contributed by atoms with Crippen LogP contribution in [0.25, 0.3) is 0 Å². The zero-order valence-electron chi connectivity index (χ0n) is 10.4. The summed E-state index contributed by atoms with van der Waals surface area (Å²) in [5.41, 5.74) is 0. The molecule has 1 aromatic heterocycles. The predicted molar refractivity (Wildman–Crippen MR) is 73.3 cm³/mol. The molecule has 1 N–H and O–H groups in total. The van der Waals surface area contributed by atoms with Crippen LogP contribution >= 0.6 is 22.9 Å². The first-order chi connectivity index (χ1) is 8.79. The summed E-state index contributed by atoms with van der Waals surface area (Å²) < 4.78 is 6.68. The van der Waals surface area contributed by atoms with Gasteiger partial charge in [0, 0.05) is 19.1 Å². The smallest absolute Gasteiger partial charge is 0.114 e. The molecule has 1 aliphatic heterocycles. The highest BCUT2D eigenvalue weighted by molar-refractivity contribution is 7.15. The van der Waals surface area contributed by atoms with Gasteiger partial charge in [-0.05, 0) is 19.9 Å². The summed E-state index contributed by atoms with van der Waals surface area (Å²) in [6.07, 6.45) is 4.54. The van der Waals surface area contributed by atoms with Crippen LogP contribution in [-0.2, 0) is 4.74 Å². The fourth-order valence-corrected chi connectivity index (χ4v) is 3.75. The number of rotatable bonds is 4. The monoisotopic (exact) mass is 287 g/mol. The molecule has 18 heavy (non-hydrogen) atoms. The molecule has 2 fully saturated rings. The molecule has 2 aliphatic rings. The first-order valence-electron chi connectivity index (χ1n) is 6.43. The Kier molecular flexibility index (Phi) is 3.86. The van der Waals surface area contributed by atoms with Gasteiger partial charge in [0.25, 0.3) is 0 Å². The molecule has 4 nitrogen and oxygen atoms in total. The molecule has 100 valence electrons. The van der Waals surface area contributed by atoms with E-state index in [1.165, 1.54) is 12.8 Å². The number of morpholine rings is 1. The first kappa shape index (κ1) is 12.8. The number of nitrogens with one attached hydrogen (secondary N) is 1. The lowest BCUT2D eigenvalue weighted by Gasteiger charge is -2.40. The number of halogens is 1. The van der Waals surface area contributed by atoms with Crippen LogP contribution in [0.1, 0.15) is 23.9 Å². The van der Waals surface area contributed by atoms with Gasteiger partial charge in [-0.3, -0.25) is 4.90 Å². The van der Waals surface area contributed by atoms with Crippen molar-refractivity contribution in [1.29, 1.82) is 0 Å². The summed E-state index contributed by atoms with van der Waals surface area (Å²) in [4.78, 5) is 7.03. The first-order valence-corrected chi connectivity index (χ1v) is 7.62. The van der Waals surface area contributed by atoms with Gasteiger partial charge in [0.1, 0.15) is 9.34 Å². The van der Waals surface area contributed by atoms with Crippen molar-refractivity contribution in [1.82, 2.24) is 15.2 Å². The lowest BCUT2D eigenvalue weighted by Crippen LogP contribution is -2.49. The highest BCUT2D eigenvalue weighted by Crippen LogP contribution is 2.40. The van der Waals surface area contributed by atoms with Gasteiger partial charge in [-0.25, -0.2) is 4.98 Å². The highest BCUT2D eigenvalue weighted by atomic mass is 35.5. The Labute approximate surface area is 116 Å². The molecule has 0 bridgehead atoms. The van der Waals surface area contributed by atoms with Gasteiger partial charge < -0.3 is 10.1 Å². The molecule has 0 amide bonds. The Morgan fingerprint density at radius 1 is 1.61 bits per heavy atom. The number of thiazole rings is 1. The molecule has 1 saturated carbocycles. The molecule has 2 unspecified atom stereocenters. The number of ether oxygens (including phenoxy) is 1.